The van der Waals surface area contributed by atoms with Gasteiger partial charge in [-0.2, -0.15) is 0 Å². The number of likely N-dealkylation sites (tertiary alicyclic amines) is 1. The molecule has 0 aromatic heterocycles. The fraction of sp³-hybridized carbons (Fsp3) is 0.800. The standard InChI is InChI=1S/C10H17Cl2N/c1-8-3-4-13(6-9(8)2)7-10(12)5-11/h5,8-9H,3-4,6-7H2,1-2H3/b10-5-. The zero-order chi connectivity index (χ0) is 9.84. The Morgan fingerprint density at radius 1 is 1.46 bits per heavy atom. The van der Waals surface area contributed by atoms with Crippen molar-refractivity contribution in [1.29, 1.82) is 0 Å². The minimum atomic E-state index is 0.739. The molecule has 1 heterocycles. The lowest BCUT2D eigenvalue weighted by atomic mass is 9.89. The monoisotopic (exact) mass is 221 g/mol. The quantitative estimate of drug-likeness (QED) is 0.693. The Balaban J connectivity index is 2.37. The van der Waals surface area contributed by atoms with Gasteiger partial charge in [-0.25, -0.2) is 0 Å². The Bertz CT molecular complexity index is 191. The van der Waals surface area contributed by atoms with E-state index >= 15 is 0 Å². The highest BCUT2D eigenvalue weighted by atomic mass is 35.5. The summed E-state index contributed by atoms with van der Waals surface area (Å²) < 4.78 is 0. The molecule has 1 nitrogen and oxygen atoms in total. The smallest absolute Gasteiger partial charge is 0.0434 e. The molecule has 0 radical (unpaired) electrons. The SMILES string of the molecule is CC1CCN(C/C(Cl)=C/Cl)CC1C. The molecule has 2 atom stereocenters. The molecule has 76 valence electrons. The van der Waals surface area contributed by atoms with Crippen LogP contribution in [0.2, 0.25) is 0 Å². The van der Waals surface area contributed by atoms with Crippen molar-refractivity contribution < 1.29 is 0 Å². The minimum absolute atomic E-state index is 0.739. The molecule has 0 N–H and O–H groups in total. The maximum atomic E-state index is 5.87. The maximum Gasteiger partial charge on any atom is 0.0434 e. The predicted octanol–water partition coefficient (Wildman–Crippen LogP) is 3.28. The van der Waals surface area contributed by atoms with Gasteiger partial charge in [0.1, 0.15) is 0 Å². The molecule has 0 aromatic carbocycles. The summed E-state index contributed by atoms with van der Waals surface area (Å²) in [7, 11) is 0. The van der Waals surface area contributed by atoms with Crippen molar-refractivity contribution in [3.63, 3.8) is 0 Å². The molecule has 0 aliphatic carbocycles. The van der Waals surface area contributed by atoms with E-state index in [-0.39, 0.29) is 0 Å². The fourth-order valence-corrected chi connectivity index (χ4v) is 1.98. The summed E-state index contributed by atoms with van der Waals surface area (Å²) >= 11 is 11.4. The van der Waals surface area contributed by atoms with Crippen LogP contribution in [-0.4, -0.2) is 24.5 Å². The van der Waals surface area contributed by atoms with Crippen LogP contribution in [0.4, 0.5) is 0 Å². The third-order valence-corrected chi connectivity index (χ3v) is 3.52. The summed E-state index contributed by atoms with van der Waals surface area (Å²) in [6, 6.07) is 0. The third kappa shape index (κ3) is 3.49. The highest BCUT2D eigenvalue weighted by molar-refractivity contribution is 6.36. The molecule has 1 fully saturated rings. The number of hydrogen-bond donors (Lipinski definition) is 0. The van der Waals surface area contributed by atoms with Gasteiger partial charge < -0.3 is 0 Å². The lowest BCUT2D eigenvalue weighted by molar-refractivity contribution is 0.150. The number of hydrogen-bond acceptors (Lipinski definition) is 1. The first-order valence-corrected chi connectivity index (χ1v) is 5.62. The zero-order valence-electron chi connectivity index (χ0n) is 8.26. The van der Waals surface area contributed by atoms with E-state index in [1.165, 1.54) is 12.0 Å². The van der Waals surface area contributed by atoms with Crippen molar-refractivity contribution >= 4 is 23.2 Å². The van der Waals surface area contributed by atoms with Crippen LogP contribution >= 0.6 is 23.2 Å². The van der Waals surface area contributed by atoms with Gasteiger partial charge in [0.2, 0.25) is 0 Å². The van der Waals surface area contributed by atoms with E-state index in [1.54, 1.807) is 0 Å². The molecule has 0 spiro atoms. The second kappa shape index (κ2) is 5.23. The number of rotatable bonds is 2. The van der Waals surface area contributed by atoms with Gasteiger partial charge in [-0.3, -0.25) is 4.90 Å². The first-order valence-electron chi connectivity index (χ1n) is 4.80. The van der Waals surface area contributed by atoms with E-state index in [9.17, 15) is 0 Å². The molecule has 1 aliphatic rings. The molecule has 13 heavy (non-hydrogen) atoms. The fourth-order valence-electron chi connectivity index (χ4n) is 1.74. The Morgan fingerprint density at radius 3 is 2.69 bits per heavy atom. The molecular formula is C10H17Cl2N. The molecule has 3 heteroatoms. The van der Waals surface area contributed by atoms with Crippen LogP contribution in [0.5, 0.6) is 0 Å². The van der Waals surface area contributed by atoms with Gasteiger partial charge in [-0.1, -0.05) is 37.0 Å². The van der Waals surface area contributed by atoms with E-state index in [2.05, 4.69) is 18.7 Å². The average molecular weight is 222 g/mol. The second-order valence-electron chi connectivity index (χ2n) is 4.03. The van der Waals surface area contributed by atoms with Crippen LogP contribution in [0.25, 0.3) is 0 Å². The first kappa shape index (κ1) is 11.4. The van der Waals surface area contributed by atoms with Crippen molar-refractivity contribution in [2.45, 2.75) is 20.3 Å². The van der Waals surface area contributed by atoms with Crippen LogP contribution in [0.3, 0.4) is 0 Å². The zero-order valence-corrected chi connectivity index (χ0v) is 9.78. The summed E-state index contributed by atoms with van der Waals surface area (Å²) in [6.07, 6.45) is 1.27. The summed E-state index contributed by atoms with van der Waals surface area (Å²) in [4.78, 5) is 2.37. The van der Waals surface area contributed by atoms with E-state index in [0.717, 1.165) is 36.5 Å². The van der Waals surface area contributed by atoms with Crippen LogP contribution in [0.1, 0.15) is 20.3 Å². The normalized spacial score (nSPS) is 32.2. The van der Waals surface area contributed by atoms with Crippen molar-refractivity contribution in [2.24, 2.45) is 11.8 Å². The number of piperidine rings is 1. The van der Waals surface area contributed by atoms with E-state index < -0.39 is 0 Å². The van der Waals surface area contributed by atoms with Gasteiger partial charge in [0.05, 0.1) is 0 Å². The van der Waals surface area contributed by atoms with Crippen LogP contribution in [0.15, 0.2) is 10.6 Å². The summed E-state index contributed by atoms with van der Waals surface area (Å²) in [5, 5.41) is 0.739. The van der Waals surface area contributed by atoms with Crippen LogP contribution in [-0.2, 0) is 0 Å². The first-order chi connectivity index (χ1) is 6.13. The van der Waals surface area contributed by atoms with E-state index in [0.29, 0.717) is 0 Å². The van der Waals surface area contributed by atoms with E-state index in [4.69, 9.17) is 23.2 Å². The highest BCUT2D eigenvalue weighted by Gasteiger charge is 2.22. The Hall–Kier alpha value is 0.280. The van der Waals surface area contributed by atoms with Crippen molar-refractivity contribution in [2.75, 3.05) is 19.6 Å². The molecule has 0 amide bonds. The maximum absolute atomic E-state index is 5.87. The van der Waals surface area contributed by atoms with Gasteiger partial charge in [-0.15, -0.1) is 0 Å². The molecule has 1 aliphatic heterocycles. The Kier molecular flexibility index (Phi) is 4.57. The van der Waals surface area contributed by atoms with Crippen LogP contribution in [0, 0.1) is 11.8 Å². The topological polar surface area (TPSA) is 3.24 Å². The number of halogens is 2. The van der Waals surface area contributed by atoms with Crippen molar-refractivity contribution in [3.05, 3.63) is 10.6 Å². The summed E-state index contributed by atoms with van der Waals surface area (Å²) in [5.41, 5.74) is 1.46. The van der Waals surface area contributed by atoms with Crippen LogP contribution < -0.4 is 0 Å². The van der Waals surface area contributed by atoms with Crippen molar-refractivity contribution in [1.82, 2.24) is 4.90 Å². The molecule has 0 bridgehead atoms. The van der Waals surface area contributed by atoms with Gasteiger partial charge in [-0.05, 0) is 24.8 Å². The molecule has 0 saturated carbocycles. The molecule has 1 rings (SSSR count). The van der Waals surface area contributed by atoms with E-state index in [1.807, 2.05) is 0 Å². The average Bonchev–Trinajstić information content (AvgIpc) is 2.11. The van der Waals surface area contributed by atoms with Gasteiger partial charge in [0, 0.05) is 23.7 Å². The van der Waals surface area contributed by atoms with Gasteiger partial charge in [0.25, 0.3) is 0 Å². The lowest BCUT2D eigenvalue weighted by Crippen LogP contribution is -2.38. The number of nitrogens with zero attached hydrogens (tertiary/aromatic N) is 1. The summed E-state index contributed by atoms with van der Waals surface area (Å²) in [5.74, 6) is 1.61. The van der Waals surface area contributed by atoms with Gasteiger partial charge in [0.15, 0.2) is 0 Å². The second-order valence-corrected chi connectivity index (χ2v) is 4.74. The highest BCUT2D eigenvalue weighted by Crippen LogP contribution is 2.23. The Labute approximate surface area is 90.7 Å². The van der Waals surface area contributed by atoms with Crippen molar-refractivity contribution in [3.8, 4) is 0 Å². The van der Waals surface area contributed by atoms with Gasteiger partial charge >= 0.3 is 0 Å². The largest absolute Gasteiger partial charge is 0.298 e. The minimum Gasteiger partial charge on any atom is -0.298 e. The Morgan fingerprint density at radius 2 is 2.15 bits per heavy atom. The lowest BCUT2D eigenvalue weighted by Gasteiger charge is -2.34. The molecule has 1 saturated heterocycles. The predicted molar refractivity (Wildman–Crippen MR) is 59.2 cm³/mol. The molecular weight excluding hydrogens is 205 g/mol. The summed E-state index contributed by atoms with van der Waals surface area (Å²) in [6.45, 7) is 7.72. The molecule has 2 unspecified atom stereocenters. The molecule has 0 aromatic rings. The third-order valence-electron chi connectivity index (χ3n) is 2.91.